The van der Waals surface area contributed by atoms with Crippen LogP contribution in [0.1, 0.15) is 19.4 Å². The van der Waals surface area contributed by atoms with Crippen molar-refractivity contribution in [1.82, 2.24) is 15.5 Å². The van der Waals surface area contributed by atoms with Crippen molar-refractivity contribution in [1.29, 1.82) is 0 Å². The van der Waals surface area contributed by atoms with Crippen LogP contribution in [0.15, 0.2) is 30.3 Å². The Hall–Kier alpha value is -1.88. The molecule has 22 heavy (non-hydrogen) atoms. The van der Waals surface area contributed by atoms with Gasteiger partial charge in [0.1, 0.15) is 5.41 Å². The molecule has 1 aromatic rings. The first-order valence-corrected chi connectivity index (χ1v) is 7.59. The van der Waals surface area contributed by atoms with Crippen molar-refractivity contribution in [2.45, 2.75) is 20.3 Å². The van der Waals surface area contributed by atoms with E-state index >= 15 is 0 Å². The maximum atomic E-state index is 12.2. The normalized spacial score (nSPS) is 11.3. The zero-order chi connectivity index (χ0) is 16.6. The number of carbonyl (C=O) groups excluding carboxylic acids is 2. The maximum absolute atomic E-state index is 12.2. The quantitative estimate of drug-likeness (QED) is 0.706. The standard InChI is InChI=1S/C17H27N3O2/c1-17(2,16(22)19-12-13-20(3)4)15(21)18-11-10-14-8-6-5-7-9-14/h5-9H,10-13H2,1-4H3,(H,18,21)(H,19,22). The Labute approximate surface area is 133 Å². The van der Waals surface area contributed by atoms with Gasteiger partial charge < -0.3 is 15.5 Å². The van der Waals surface area contributed by atoms with Crippen molar-refractivity contribution in [2.24, 2.45) is 5.41 Å². The monoisotopic (exact) mass is 305 g/mol. The Morgan fingerprint density at radius 2 is 1.55 bits per heavy atom. The van der Waals surface area contributed by atoms with Gasteiger partial charge in [-0.1, -0.05) is 30.3 Å². The second-order valence-corrected chi connectivity index (χ2v) is 6.18. The molecule has 0 aliphatic carbocycles. The number of benzene rings is 1. The van der Waals surface area contributed by atoms with E-state index in [4.69, 9.17) is 0 Å². The van der Waals surface area contributed by atoms with Gasteiger partial charge in [0, 0.05) is 19.6 Å². The number of nitrogens with one attached hydrogen (secondary N) is 2. The molecule has 0 atom stereocenters. The minimum atomic E-state index is -1.07. The lowest BCUT2D eigenvalue weighted by atomic mass is 9.91. The van der Waals surface area contributed by atoms with Crippen LogP contribution in [0, 0.1) is 5.41 Å². The Morgan fingerprint density at radius 3 is 2.09 bits per heavy atom. The largest absolute Gasteiger partial charge is 0.355 e. The number of hydrogen-bond donors (Lipinski definition) is 2. The van der Waals surface area contributed by atoms with Gasteiger partial charge in [0.25, 0.3) is 0 Å². The maximum Gasteiger partial charge on any atom is 0.235 e. The molecule has 0 fully saturated rings. The summed E-state index contributed by atoms with van der Waals surface area (Å²) in [5, 5.41) is 5.64. The zero-order valence-corrected chi connectivity index (χ0v) is 14.0. The summed E-state index contributed by atoms with van der Waals surface area (Å²) in [6.45, 7) is 5.10. The molecule has 0 bridgehead atoms. The zero-order valence-electron chi connectivity index (χ0n) is 14.0. The fourth-order valence-corrected chi connectivity index (χ4v) is 1.90. The average Bonchev–Trinajstić information content (AvgIpc) is 2.47. The second kappa shape index (κ2) is 8.54. The second-order valence-electron chi connectivity index (χ2n) is 6.18. The number of carbonyl (C=O) groups is 2. The molecule has 122 valence electrons. The van der Waals surface area contributed by atoms with Gasteiger partial charge in [0.2, 0.25) is 11.8 Å². The topological polar surface area (TPSA) is 61.4 Å². The van der Waals surface area contributed by atoms with Crippen molar-refractivity contribution < 1.29 is 9.59 Å². The van der Waals surface area contributed by atoms with Crippen molar-refractivity contribution >= 4 is 11.8 Å². The third-order valence-electron chi connectivity index (χ3n) is 3.52. The highest BCUT2D eigenvalue weighted by Gasteiger charge is 2.35. The van der Waals surface area contributed by atoms with Crippen LogP contribution in [0.4, 0.5) is 0 Å². The van der Waals surface area contributed by atoms with Crippen molar-refractivity contribution in [3.8, 4) is 0 Å². The molecule has 2 N–H and O–H groups in total. The third-order valence-corrected chi connectivity index (χ3v) is 3.52. The van der Waals surface area contributed by atoms with Gasteiger partial charge in [-0.3, -0.25) is 9.59 Å². The Bertz CT molecular complexity index is 484. The molecule has 1 rings (SSSR count). The molecule has 0 aromatic heterocycles. The van der Waals surface area contributed by atoms with E-state index in [1.165, 1.54) is 0 Å². The Morgan fingerprint density at radius 1 is 1.00 bits per heavy atom. The first-order chi connectivity index (χ1) is 10.3. The number of likely N-dealkylation sites (N-methyl/N-ethyl adjacent to an activating group) is 1. The molecule has 2 amide bonds. The van der Waals surface area contributed by atoms with Crippen LogP contribution in [0.3, 0.4) is 0 Å². The summed E-state index contributed by atoms with van der Waals surface area (Å²) < 4.78 is 0. The SMILES string of the molecule is CN(C)CCNC(=O)C(C)(C)C(=O)NCCc1ccccc1. The molecule has 0 aliphatic rings. The molecule has 0 radical (unpaired) electrons. The lowest BCUT2D eigenvalue weighted by molar-refractivity contribution is -0.141. The summed E-state index contributed by atoms with van der Waals surface area (Å²) in [6.07, 6.45) is 0.755. The number of nitrogens with zero attached hydrogens (tertiary/aromatic N) is 1. The van der Waals surface area contributed by atoms with E-state index < -0.39 is 5.41 Å². The summed E-state index contributed by atoms with van der Waals surface area (Å²) in [6, 6.07) is 9.94. The molecule has 0 heterocycles. The highest BCUT2D eigenvalue weighted by molar-refractivity contribution is 6.04. The highest BCUT2D eigenvalue weighted by Crippen LogP contribution is 2.15. The van der Waals surface area contributed by atoms with Crippen LogP contribution in [0.5, 0.6) is 0 Å². The van der Waals surface area contributed by atoms with Crippen molar-refractivity contribution in [3.05, 3.63) is 35.9 Å². The van der Waals surface area contributed by atoms with Gasteiger partial charge in [0.15, 0.2) is 0 Å². The molecule has 0 saturated heterocycles. The van der Waals surface area contributed by atoms with E-state index in [0.29, 0.717) is 13.1 Å². The van der Waals surface area contributed by atoms with Gasteiger partial charge in [-0.05, 0) is 39.9 Å². The minimum absolute atomic E-state index is 0.244. The smallest absolute Gasteiger partial charge is 0.235 e. The van der Waals surface area contributed by atoms with E-state index in [-0.39, 0.29) is 11.8 Å². The molecule has 5 nitrogen and oxygen atoms in total. The van der Waals surface area contributed by atoms with E-state index in [9.17, 15) is 9.59 Å². The van der Waals surface area contributed by atoms with Crippen molar-refractivity contribution in [2.75, 3.05) is 33.7 Å². The predicted molar refractivity (Wildman–Crippen MR) is 88.5 cm³/mol. The summed E-state index contributed by atoms with van der Waals surface area (Å²) in [7, 11) is 3.88. The van der Waals surface area contributed by atoms with Gasteiger partial charge in [-0.2, -0.15) is 0 Å². The Balaban J connectivity index is 2.39. The molecule has 0 aliphatic heterocycles. The van der Waals surface area contributed by atoms with E-state index in [0.717, 1.165) is 18.5 Å². The molecule has 0 spiro atoms. The predicted octanol–water partition coefficient (Wildman–Crippen LogP) is 1.05. The average molecular weight is 305 g/mol. The highest BCUT2D eigenvalue weighted by atomic mass is 16.2. The molecule has 0 unspecified atom stereocenters. The molecule has 0 saturated carbocycles. The van der Waals surface area contributed by atoms with E-state index in [1.807, 2.05) is 49.3 Å². The summed E-state index contributed by atoms with van der Waals surface area (Å²) in [4.78, 5) is 26.3. The van der Waals surface area contributed by atoms with Gasteiger partial charge in [-0.25, -0.2) is 0 Å². The molecule has 1 aromatic carbocycles. The Kier molecular flexibility index (Phi) is 7.05. The van der Waals surface area contributed by atoms with Gasteiger partial charge >= 0.3 is 0 Å². The summed E-state index contributed by atoms with van der Waals surface area (Å²) >= 11 is 0. The number of hydrogen-bond acceptors (Lipinski definition) is 3. The first-order valence-electron chi connectivity index (χ1n) is 7.59. The fraction of sp³-hybridized carbons (Fsp3) is 0.529. The number of rotatable bonds is 8. The summed E-state index contributed by atoms with van der Waals surface area (Å²) in [5.74, 6) is -0.489. The first kappa shape index (κ1) is 18.2. The van der Waals surface area contributed by atoms with Crippen LogP contribution >= 0.6 is 0 Å². The van der Waals surface area contributed by atoms with Crippen LogP contribution in [0.25, 0.3) is 0 Å². The lowest BCUT2D eigenvalue weighted by Gasteiger charge is -2.23. The third kappa shape index (κ3) is 5.85. The fourth-order valence-electron chi connectivity index (χ4n) is 1.90. The van der Waals surface area contributed by atoms with Crippen molar-refractivity contribution in [3.63, 3.8) is 0 Å². The van der Waals surface area contributed by atoms with Gasteiger partial charge in [0.05, 0.1) is 0 Å². The van der Waals surface area contributed by atoms with Gasteiger partial charge in [-0.15, -0.1) is 0 Å². The van der Waals surface area contributed by atoms with Crippen LogP contribution in [-0.2, 0) is 16.0 Å². The van der Waals surface area contributed by atoms with E-state index in [1.54, 1.807) is 13.8 Å². The number of amides is 2. The van der Waals surface area contributed by atoms with Crippen LogP contribution < -0.4 is 10.6 Å². The van der Waals surface area contributed by atoms with Crippen LogP contribution in [-0.4, -0.2) is 50.4 Å². The molecular weight excluding hydrogens is 278 g/mol. The van der Waals surface area contributed by atoms with E-state index in [2.05, 4.69) is 10.6 Å². The van der Waals surface area contributed by atoms with Crippen LogP contribution in [0.2, 0.25) is 0 Å². The summed E-state index contributed by atoms with van der Waals surface area (Å²) in [5.41, 5.74) is 0.0965. The molecule has 5 heteroatoms. The molecular formula is C17H27N3O2. The lowest BCUT2D eigenvalue weighted by Crippen LogP contribution is -2.49. The minimum Gasteiger partial charge on any atom is -0.355 e.